The average molecular weight is 636 g/mol. The van der Waals surface area contributed by atoms with Crippen molar-refractivity contribution in [1.82, 2.24) is 9.80 Å². The number of nitrogens with zero attached hydrogens (tertiary/aromatic N) is 3. The van der Waals surface area contributed by atoms with Crippen LogP contribution in [-0.4, -0.2) is 76.1 Å². The number of fused-ring (bicyclic) bond motifs is 2. The molecule has 3 aromatic rings. The van der Waals surface area contributed by atoms with Gasteiger partial charge in [0.1, 0.15) is 11.6 Å². The van der Waals surface area contributed by atoms with Crippen LogP contribution in [0.3, 0.4) is 0 Å². The summed E-state index contributed by atoms with van der Waals surface area (Å²) in [5.74, 6) is -2.42. The molecule has 246 valence electrons. The zero-order chi connectivity index (χ0) is 33.3. The highest BCUT2D eigenvalue weighted by Crippen LogP contribution is 2.65. The van der Waals surface area contributed by atoms with E-state index < -0.39 is 41.7 Å². The van der Waals surface area contributed by atoms with Crippen molar-refractivity contribution in [2.45, 2.75) is 62.8 Å². The maximum atomic E-state index is 15.2. The molecule has 3 fully saturated rings. The third-order valence-corrected chi connectivity index (χ3v) is 10.6. The standard InChI is InChI=1S/C39H45N3O5/c1-5-22-40(23-6-2)35(44)32-33-36(45)42(31(26-43)28-15-10-9-11-16-28)34(39(33)21-20-38(32,8-4)47-39)37(46)41(24-7-3)30-19-18-27-14-12-13-17-29(27)25-30/h5,7,9-19,25,31-34,43H,1,3,6,8,20-24,26H2,2,4H3/t31-,32-,33+,34?,38+,39?/m1/s1. The van der Waals surface area contributed by atoms with Crippen LogP contribution < -0.4 is 4.90 Å². The normalized spacial score (nSPS) is 26.7. The van der Waals surface area contributed by atoms with Gasteiger partial charge in [0.25, 0.3) is 5.91 Å². The summed E-state index contributed by atoms with van der Waals surface area (Å²) in [5.41, 5.74) is -0.732. The Morgan fingerprint density at radius 2 is 1.68 bits per heavy atom. The Balaban J connectivity index is 1.51. The Bertz CT molecular complexity index is 1680. The number of hydrogen-bond donors (Lipinski definition) is 1. The van der Waals surface area contributed by atoms with Gasteiger partial charge in [-0.05, 0) is 54.2 Å². The fraction of sp³-hybridized carbons (Fsp3) is 0.410. The van der Waals surface area contributed by atoms with Gasteiger partial charge in [-0.3, -0.25) is 14.4 Å². The zero-order valence-corrected chi connectivity index (χ0v) is 27.4. The smallest absolute Gasteiger partial charge is 0.253 e. The molecule has 6 rings (SSSR count). The van der Waals surface area contributed by atoms with Crippen LogP contribution in [-0.2, 0) is 19.1 Å². The van der Waals surface area contributed by atoms with Crippen LogP contribution in [0.15, 0.2) is 98.1 Å². The zero-order valence-electron chi connectivity index (χ0n) is 27.4. The Labute approximate surface area is 277 Å². The van der Waals surface area contributed by atoms with Crippen molar-refractivity contribution in [3.63, 3.8) is 0 Å². The molecule has 0 saturated carbocycles. The van der Waals surface area contributed by atoms with Crippen LogP contribution in [0.25, 0.3) is 10.8 Å². The van der Waals surface area contributed by atoms with Gasteiger partial charge in [-0.2, -0.15) is 0 Å². The van der Waals surface area contributed by atoms with Crippen molar-refractivity contribution in [3.05, 3.63) is 104 Å². The summed E-state index contributed by atoms with van der Waals surface area (Å²) < 4.78 is 7.07. The molecule has 3 aliphatic rings. The highest BCUT2D eigenvalue weighted by molar-refractivity contribution is 6.06. The molecule has 6 atom stereocenters. The predicted octanol–water partition coefficient (Wildman–Crippen LogP) is 5.67. The lowest BCUT2D eigenvalue weighted by atomic mass is 9.64. The van der Waals surface area contributed by atoms with Gasteiger partial charge in [0, 0.05) is 25.3 Å². The number of likely N-dealkylation sites (tertiary alicyclic amines) is 1. The van der Waals surface area contributed by atoms with Crippen LogP contribution in [0.5, 0.6) is 0 Å². The lowest BCUT2D eigenvalue weighted by Gasteiger charge is -2.39. The molecule has 1 N–H and O–H groups in total. The molecule has 0 radical (unpaired) electrons. The first-order valence-electron chi connectivity index (χ1n) is 16.8. The molecule has 8 heteroatoms. The fourth-order valence-electron chi connectivity index (χ4n) is 8.53. The van der Waals surface area contributed by atoms with Crippen LogP contribution >= 0.6 is 0 Å². The van der Waals surface area contributed by atoms with Gasteiger partial charge in [0.2, 0.25) is 11.8 Å². The molecule has 3 heterocycles. The summed E-state index contributed by atoms with van der Waals surface area (Å²) in [4.78, 5) is 49.7. The van der Waals surface area contributed by atoms with Crippen LogP contribution in [0, 0.1) is 11.8 Å². The van der Waals surface area contributed by atoms with Gasteiger partial charge in [0.15, 0.2) is 0 Å². The highest BCUT2D eigenvalue weighted by Gasteiger charge is 2.79. The second kappa shape index (κ2) is 13.1. The van der Waals surface area contributed by atoms with Crippen molar-refractivity contribution in [2.24, 2.45) is 11.8 Å². The molecular formula is C39H45N3O5. The number of amides is 3. The Hall–Kier alpha value is -4.27. The summed E-state index contributed by atoms with van der Waals surface area (Å²) >= 11 is 0. The Kier molecular flexibility index (Phi) is 9.09. The number of benzene rings is 3. The van der Waals surface area contributed by atoms with E-state index in [1.54, 1.807) is 26.9 Å². The van der Waals surface area contributed by atoms with Crippen molar-refractivity contribution in [1.29, 1.82) is 0 Å². The molecule has 2 bridgehead atoms. The molecule has 3 aromatic carbocycles. The van der Waals surface area contributed by atoms with Crippen molar-refractivity contribution >= 4 is 34.2 Å². The maximum Gasteiger partial charge on any atom is 0.253 e. The van der Waals surface area contributed by atoms with Gasteiger partial charge in [0.05, 0.1) is 30.1 Å². The summed E-state index contributed by atoms with van der Waals surface area (Å²) in [7, 11) is 0. The SMILES string of the molecule is C=CCN(CCC)C(=O)[C@H]1[C@H]2C(=O)N([C@H](CO)c3ccccc3)C(C(=O)N(CC=C)c3ccc4ccccc4c3)C23CC[C@]1(CC)O3. The van der Waals surface area contributed by atoms with E-state index in [-0.39, 0.29) is 24.3 Å². The second-order valence-corrected chi connectivity index (χ2v) is 13.0. The predicted molar refractivity (Wildman–Crippen MR) is 184 cm³/mol. The molecule has 0 aromatic heterocycles. The van der Waals surface area contributed by atoms with Gasteiger partial charge in [-0.15, -0.1) is 13.2 Å². The van der Waals surface area contributed by atoms with Gasteiger partial charge in [-0.25, -0.2) is 0 Å². The molecule has 3 saturated heterocycles. The molecule has 1 spiro atoms. The molecular weight excluding hydrogens is 590 g/mol. The van der Waals surface area contributed by atoms with E-state index in [2.05, 4.69) is 13.2 Å². The van der Waals surface area contributed by atoms with E-state index in [0.29, 0.717) is 43.6 Å². The molecule has 47 heavy (non-hydrogen) atoms. The summed E-state index contributed by atoms with van der Waals surface area (Å²) in [6.07, 6.45) is 5.69. The van der Waals surface area contributed by atoms with E-state index in [0.717, 1.165) is 17.2 Å². The Morgan fingerprint density at radius 3 is 2.34 bits per heavy atom. The minimum atomic E-state index is -1.24. The molecule has 3 aliphatic heterocycles. The van der Waals surface area contributed by atoms with Gasteiger partial charge < -0.3 is 24.5 Å². The minimum absolute atomic E-state index is 0.140. The topological polar surface area (TPSA) is 90.4 Å². The minimum Gasteiger partial charge on any atom is -0.394 e. The monoisotopic (exact) mass is 635 g/mol. The maximum absolute atomic E-state index is 15.2. The lowest BCUT2D eigenvalue weighted by molar-refractivity contribution is -0.153. The Morgan fingerprint density at radius 1 is 0.979 bits per heavy atom. The van der Waals surface area contributed by atoms with E-state index >= 15 is 9.59 Å². The first-order chi connectivity index (χ1) is 22.8. The van der Waals surface area contributed by atoms with Crippen LogP contribution in [0.2, 0.25) is 0 Å². The fourth-order valence-corrected chi connectivity index (χ4v) is 8.53. The number of carbonyl (C=O) groups is 3. The largest absolute Gasteiger partial charge is 0.394 e. The molecule has 0 aliphatic carbocycles. The summed E-state index contributed by atoms with van der Waals surface area (Å²) in [5, 5.41) is 12.9. The highest BCUT2D eigenvalue weighted by atomic mass is 16.5. The van der Waals surface area contributed by atoms with Gasteiger partial charge in [-0.1, -0.05) is 86.7 Å². The lowest BCUT2D eigenvalue weighted by Crippen LogP contribution is -2.57. The number of aliphatic hydroxyl groups is 1. The van der Waals surface area contributed by atoms with E-state index in [9.17, 15) is 9.90 Å². The first kappa shape index (κ1) is 32.7. The average Bonchev–Trinajstić information content (AvgIpc) is 3.71. The number of ether oxygens (including phenoxy) is 1. The van der Waals surface area contributed by atoms with Crippen molar-refractivity contribution < 1.29 is 24.2 Å². The van der Waals surface area contributed by atoms with Crippen molar-refractivity contribution in [3.8, 4) is 0 Å². The number of rotatable bonds is 13. The molecule has 3 amide bonds. The third-order valence-electron chi connectivity index (χ3n) is 10.6. The molecule has 2 unspecified atom stereocenters. The second-order valence-electron chi connectivity index (χ2n) is 13.0. The quantitative estimate of drug-likeness (QED) is 0.245. The molecule has 8 nitrogen and oxygen atoms in total. The summed E-state index contributed by atoms with van der Waals surface area (Å²) in [6.45, 7) is 12.5. The number of aliphatic hydroxyl groups excluding tert-OH is 1. The van der Waals surface area contributed by atoms with Crippen molar-refractivity contribution in [2.75, 3.05) is 31.1 Å². The third kappa shape index (κ3) is 5.18. The number of anilines is 1. The summed E-state index contributed by atoms with van der Waals surface area (Å²) in [6, 6.07) is 21.2. The van der Waals surface area contributed by atoms with Crippen LogP contribution in [0.1, 0.15) is 51.1 Å². The number of hydrogen-bond acceptors (Lipinski definition) is 5. The number of carbonyl (C=O) groups excluding carboxylic acids is 3. The first-order valence-corrected chi connectivity index (χ1v) is 16.8. The van der Waals surface area contributed by atoms with E-state index in [4.69, 9.17) is 4.74 Å². The van der Waals surface area contributed by atoms with Crippen LogP contribution in [0.4, 0.5) is 5.69 Å². The van der Waals surface area contributed by atoms with E-state index in [1.165, 1.54) is 0 Å². The van der Waals surface area contributed by atoms with Gasteiger partial charge >= 0.3 is 0 Å². The van der Waals surface area contributed by atoms with E-state index in [1.807, 2.05) is 86.6 Å².